The van der Waals surface area contributed by atoms with Crippen LogP contribution in [0.15, 0.2) is 54.7 Å². The third-order valence-corrected chi connectivity index (χ3v) is 13.0. The molecule has 0 saturated carbocycles. The molecule has 3 aliphatic heterocycles. The number of carbonyl (C=O) groups excluding carboxylic acids is 4. The number of hydrogen-bond acceptors (Lipinski definition) is 10. The summed E-state index contributed by atoms with van der Waals surface area (Å²) in [7, 11) is 3.34. The van der Waals surface area contributed by atoms with Crippen LogP contribution in [0.25, 0.3) is 33.3 Å². The highest BCUT2D eigenvalue weighted by Crippen LogP contribution is 2.42. The number of fused-ring (bicyclic) bond motifs is 6. The topological polar surface area (TPSA) is 167 Å². The molecule has 7 rings (SSSR count). The standard InChI is InChI=1S/C49H65N7O7/c1-9-55-41-17-16-32-25-37(41)38(44(55)36-14-11-19-51-42(36)30(4)62-8)26-49(5,6)28-63-48(61)39-15-12-20-56(53-39)47(60)40(23-31-21-34(32)24-35(57)22-31)52-45(58)43(29(2)3)54(7)46(59)33-13-10-18-50-27-33/h11,14,16-17,19,21-22,24-25,29-30,33,39-40,43,50,53,57H,9-10,12-13,15,18,20,23,26-28H2,1-8H3,(H,52,58)/t30-,33?,39-,40-,43?/m0/s1. The second kappa shape index (κ2) is 19.2. The summed E-state index contributed by atoms with van der Waals surface area (Å²) in [4.78, 5) is 63.0. The number of cyclic esters (lactones) is 1. The Labute approximate surface area is 371 Å². The molecule has 2 saturated heterocycles. The lowest BCUT2D eigenvalue weighted by Crippen LogP contribution is -2.62. The summed E-state index contributed by atoms with van der Waals surface area (Å²) < 4.78 is 14.2. The van der Waals surface area contributed by atoms with Gasteiger partial charge in [0.1, 0.15) is 23.9 Å². The molecule has 3 aliphatic rings. The predicted molar refractivity (Wildman–Crippen MR) is 242 cm³/mol. The summed E-state index contributed by atoms with van der Waals surface area (Å²) in [5, 5.41) is 20.1. The fraction of sp³-hybridized carbons (Fsp3) is 0.531. The number of aromatic nitrogens is 2. The van der Waals surface area contributed by atoms with Crippen molar-refractivity contribution >= 4 is 34.6 Å². The smallest absolute Gasteiger partial charge is 0.324 e. The Hall–Kier alpha value is -5.31. The van der Waals surface area contributed by atoms with Crippen molar-refractivity contribution in [1.82, 2.24) is 35.5 Å². The van der Waals surface area contributed by atoms with Crippen molar-refractivity contribution in [3.63, 3.8) is 0 Å². The zero-order valence-corrected chi connectivity index (χ0v) is 38.1. The number of aryl methyl sites for hydroxylation is 1. The SMILES string of the molecule is CCn1c(-c2cccnc2[C@H](C)OC)c2c3cc(ccc31)-c1cc(O)cc(c1)C[C@H](NC(=O)C(C(C)C)N(C)C(=O)C1CCCNC1)C(=O)N1CCC[C@H](N1)C(=O)OCC(C)(C)C2. The molecule has 2 aromatic carbocycles. The summed E-state index contributed by atoms with van der Waals surface area (Å²) in [6.45, 7) is 14.6. The van der Waals surface area contributed by atoms with E-state index in [0.29, 0.717) is 44.5 Å². The van der Waals surface area contributed by atoms with Gasteiger partial charge in [-0.1, -0.05) is 39.8 Å². The number of hydrazine groups is 1. The lowest BCUT2D eigenvalue weighted by atomic mass is 9.84. The molecule has 2 aromatic heterocycles. The van der Waals surface area contributed by atoms with E-state index in [1.807, 2.05) is 39.0 Å². The van der Waals surface area contributed by atoms with Crippen LogP contribution in [0.1, 0.15) is 90.2 Å². The number of nitrogens with zero attached hydrogens (tertiary/aromatic N) is 4. The van der Waals surface area contributed by atoms with Crippen molar-refractivity contribution in [2.24, 2.45) is 17.3 Å². The Morgan fingerprint density at radius 3 is 2.59 bits per heavy atom. The molecule has 14 nitrogen and oxygen atoms in total. The van der Waals surface area contributed by atoms with Gasteiger partial charge < -0.3 is 34.7 Å². The number of pyridine rings is 1. The molecule has 4 N–H and O–H groups in total. The van der Waals surface area contributed by atoms with E-state index < -0.39 is 41.3 Å². The van der Waals surface area contributed by atoms with Crippen molar-refractivity contribution in [3.8, 4) is 28.1 Å². The van der Waals surface area contributed by atoms with Crippen LogP contribution in [0, 0.1) is 17.3 Å². The molecule has 4 aromatic rings. The van der Waals surface area contributed by atoms with E-state index in [1.165, 1.54) is 9.91 Å². The Bertz CT molecular complexity index is 2330. The van der Waals surface area contributed by atoms with Crippen LogP contribution in [0.4, 0.5) is 0 Å². The van der Waals surface area contributed by atoms with E-state index in [0.717, 1.165) is 63.9 Å². The first-order valence-corrected chi connectivity index (χ1v) is 22.6. The maximum atomic E-state index is 14.7. The van der Waals surface area contributed by atoms with Crippen LogP contribution in [0.3, 0.4) is 0 Å². The normalized spacial score (nSPS) is 21.7. The molecule has 14 heteroatoms. The molecular weight excluding hydrogens is 799 g/mol. The van der Waals surface area contributed by atoms with E-state index in [2.05, 4.69) is 59.6 Å². The number of benzene rings is 2. The van der Waals surface area contributed by atoms with Crippen LogP contribution < -0.4 is 16.1 Å². The summed E-state index contributed by atoms with van der Waals surface area (Å²) in [5.41, 5.74) is 9.73. The van der Waals surface area contributed by atoms with E-state index in [-0.39, 0.29) is 42.6 Å². The fourth-order valence-electron chi connectivity index (χ4n) is 9.74. The van der Waals surface area contributed by atoms with Gasteiger partial charge in [-0.25, -0.2) is 5.43 Å². The molecule has 5 atom stereocenters. The summed E-state index contributed by atoms with van der Waals surface area (Å²) in [6, 6.07) is 12.9. The van der Waals surface area contributed by atoms with Crippen molar-refractivity contribution in [3.05, 3.63) is 71.5 Å². The average Bonchev–Trinajstić information content (AvgIpc) is 3.58. The second-order valence-electron chi connectivity index (χ2n) is 18.7. The minimum atomic E-state index is -1.10. The number of likely N-dealkylation sites (N-methyl/N-ethyl adjacent to an activating group) is 1. The number of carbonyl (C=O) groups is 4. The number of phenolic OH excluding ortho intramolecular Hbond substituents is 1. The number of nitrogens with one attached hydrogen (secondary N) is 3. The van der Waals surface area contributed by atoms with Crippen LogP contribution >= 0.6 is 0 Å². The van der Waals surface area contributed by atoms with Crippen LogP contribution in [0.5, 0.6) is 5.75 Å². The highest BCUT2D eigenvalue weighted by molar-refractivity contribution is 5.96. The largest absolute Gasteiger partial charge is 0.508 e. The van der Waals surface area contributed by atoms with Crippen molar-refractivity contribution in [2.75, 3.05) is 40.4 Å². The van der Waals surface area contributed by atoms with Gasteiger partial charge in [-0.05, 0) is 117 Å². The highest BCUT2D eigenvalue weighted by atomic mass is 16.5. The molecule has 3 amide bonds. The number of esters is 1. The molecule has 2 fully saturated rings. The Balaban J connectivity index is 1.34. The number of amides is 3. The zero-order chi connectivity index (χ0) is 45.2. The molecule has 5 heterocycles. The summed E-state index contributed by atoms with van der Waals surface area (Å²) >= 11 is 0. The van der Waals surface area contributed by atoms with Gasteiger partial charge in [0.2, 0.25) is 11.8 Å². The van der Waals surface area contributed by atoms with Crippen molar-refractivity contribution in [1.29, 1.82) is 0 Å². The predicted octanol–water partition coefficient (Wildman–Crippen LogP) is 5.93. The maximum Gasteiger partial charge on any atom is 0.324 e. The monoisotopic (exact) mass is 863 g/mol. The number of aromatic hydroxyl groups is 1. The second-order valence-corrected chi connectivity index (χ2v) is 18.7. The van der Waals surface area contributed by atoms with Crippen LogP contribution in [-0.4, -0.2) is 107 Å². The Morgan fingerprint density at radius 2 is 1.87 bits per heavy atom. The first-order valence-electron chi connectivity index (χ1n) is 22.6. The number of methoxy groups -OCH3 is 1. The first kappa shape index (κ1) is 45.7. The molecule has 0 radical (unpaired) electrons. The zero-order valence-electron chi connectivity index (χ0n) is 38.1. The third kappa shape index (κ3) is 9.78. The average molecular weight is 864 g/mol. The number of phenols is 1. The van der Waals surface area contributed by atoms with Gasteiger partial charge >= 0.3 is 5.97 Å². The van der Waals surface area contributed by atoms with E-state index in [4.69, 9.17) is 14.5 Å². The van der Waals surface area contributed by atoms with Gasteiger partial charge in [0, 0.05) is 68.3 Å². The van der Waals surface area contributed by atoms with E-state index in [1.54, 1.807) is 32.5 Å². The minimum absolute atomic E-state index is 0.0154. The Morgan fingerprint density at radius 1 is 1.08 bits per heavy atom. The van der Waals surface area contributed by atoms with Crippen molar-refractivity contribution in [2.45, 2.75) is 111 Å². The van der Waals surface area contributed by atoms with E-state index >= 15 is 0 Å². The quantitative estimate of drug-likeness (QED) is 0.148. The van der Waals surface area contributed by atoms with Crippen LogP contribution in [-0.2, 0) is 48.0 Å². The maximum absolute atomic E-state index is 14.7. The van der Waals surface area contributed by atoms with Gasteiger partial charge in [-0.3, -0.25) is 29.2 Å². The molecule has 2 unspecified atom stereocenters. The van der Waals surface area contributed by atoms with Gasteiger partial charge in [-0.15, -0.1) is 0 Å². The van der Waals surface area contributed by atoms with Gasteiger partial charge in [0.25, 0.3) is 5.91 Å². The highest BCUT2D eigenvalue weighted by Gasteiger charge is 2.39. The Kier molecular flexibility index (Phi) is 13.9. The lowest BCUT2D eigenvalue weighted by molar-refractivity contribution is -0.155. The fourth-order valence-corrected chi connectivity index (χ4v) is 9.74. The molecular formula is C49H65N7O7. The van der Waals surface area contributed by atoms with E-state index in [9.17, 15) is 24.3 Å². The minimum Gasteiger partial charge on any atom is -0.508 e. The van der Waals surface area contributed by atoms with Crippen molar-refractivity contribution < 1.29 is 33.8 Å². The number of rotatable bonds is 9. The number of piperidine rings is 1. The van der Waals surface area contributed by atoms with Crippen LogP contribution in [0.2, 0.25) is 0 Å². The lowest BCUT2D eigenvalue weighted by Gasteiger charge is -2.37. The summed E-state index contributed by atoms with van der Waals surface area (Å²) in [6.07, 6.45) is 4.73. The third-order valence-electron chi connectivity index (χ3n) is 13.0. The summed E-state index contributed by atoms with van der Waals surface area (Å²) in [5.74, 6) is -1.94. The molecule has 0 spiro atoms. The number of ether oxygens (including phenoxy) is 2. The van der Waals surface area contributed by atoms with Gasteiger partial charge in [0.15, 0.2) is 0 Å². The molecule has 338 valence electrons. The first-order chi connectivity index (χ1) is 30.1. The molecule has 6 bridgehead atoms. The van der Waals surface area contributed by atoms with Gasteiger partial charge in [-0.2, -0.15) is 0 Å². The molecule has 63 heavy (non-hydrogen) atoms. The van der Waals surface area contributed by atoms with Gasteiger partial charge in [0.05, 0.1) is 30.0 Å². The number of hydrogen-bond donors (Lipinski definition) is 4. The molecule has 0 aliphatic carbocycles.